The molecule has 0 aliphatic rings. The van der Waals surface area contributed by atoms with E-state index in [1.165, 1.54) is 0 Å². The van der Waals surface area contributed by atoms with Crippen LogP contribution in [0.25, 0.3) is 0 Å². The molecule has 1 atom stereocenters. The van der Waals surface area contributed by atoms with Gasteiger partial charge in [-0.1, -0.05) is 48.0 Å². The standard InChI is InChI=1S/C20H26ClN3O2.HI/c1-4-22-20(23-13-18(25)16-10-6-7-11-17(16)21)24(2)14-15-9-5-8-12-19(15)26-3;/h5-12,18,25H,4,13-14H2,1-3H3,(H,22,23);1H. The van der Waals surface area contributed by atoms with E-state index in [9.17, 15) is 5.11 Å². The minimum absolute atomic E-state index is 0. The van der Waals surface area contributed by atoms with Crippen molar-refractivity contribution < 1.29 is 9.84 Å². The Morgan fingerprint density at radius 1 is 1.22 bits per heavy atom. The van der Waals surface area contributed by atoms with Crippen LogP contribution >= 0.6 is 35.6 Å². The van der Waals surface area contributed by atoms with Gasteiger partial charge in [0, 0.05) is 36.3 Å². The van der Waals surface area contributed by atoms with Gasteiger partial charge in [-0.05, 0) is 19.1 Å². The molecule has 0 saturated carbocycles. The Morgan fingerprint density at radius 2 is 1.89 bits per heavy atom. The highest BCUT2D eigenvalue weighted by atomic mass is 127. The maximum atomic E-state index is 10.4. The number of halogens is 2. The van der Waals surface area contributed by atoms with E-state index in [1.807, 2.05) is 61.3 Å². The van der Waals surface area contributed by atoms with Gasteiger partial charge in [-0.15, -0.1) is 24.0 Å². The fraction of sp³-hybridized carbons (Fsp3) is 0.350. The summed E-state index contributed by atoms with van der Waals surface area (Å²) in [5.74, 6) is 1.55. The Hall–Kier alpha value is -1.51. The van der Waals surface area contributed by atoms with Crippen molar-refractivity contribution in [1.82, 2.24) is 10.2 Å². The smallest absolute Gasteiger partial charge is 0.194 e. The van der Waals surface area contributed by atoms with Gasteiger partial charge >= 0.3 is 0 Å². The quantitative estimate of drug-likeness (QED) is 0.339. The lowest BCUT2D eigenvalue weighted by molar-refractivity contribution is 0.186. The molecule has 0 saturated heterocycles. The van der Waals surface area contributed by atoms with Gasteiger partial charge in [0.1, 0.15) is 11.9 Å². The van der Waals surface area contributed by atoms with Gasteiger partial charge in [-0.3, -0.25) is 4.99 Å². The molecule has 2 aromatic carbocycles. The number of methoxy groups -OCH3 is 1. The molecule has 5 nitrogen and oxygen atoms in total. The number of ether oxygens (including phenoxy) is 1. The number of aliphatic hydroxyl groups is 1. The average molecular weight is 504 g/mol. The van der Waals surface area contributed by atoms with Gasteiger partial charge in [0.2, 0.25) is 0 Å². The van der Waals surface area contributed by atoms with Crippen LogP contribution in [0.2, 0.25) is 5.02 Å². The number of para-hydroxylation sites is 1. The topological polar surface area (TPSA) is 57.1 Å². The van der Waals surface area contributed by atoms with Crippen LogP contribution in [0.1, 0.15) is 24.2 Å². The summed E-state index contributed by atoms with van der Waals surface area (Å²) in [6.07, 6.45) is -0.753. The van der Waals surface area contributed by atoms with Crippen molar-refractivity contribution in [3.8, 4) is 5.75 Å². The van der Waals surface area contributed by atoms with Crippen molar-refractivity contribution in [2.24, 2.45) is 4.99 Å². The second kappa shape index (κ2) is 12.0. The van der Waals surface area contributed by atoms with E-state index in [-0.39, 0.29) is 30.5 Å². The number of nitrogens with one attached hydrogen (secondary N) is 1. The summed E-state index contributed by atoms with van der Waals surface area (Å²) < 4.78 is 5.41. The van der Waals surface area contributed by atoms with Crippen LogP contribution in [0.3, 0.4) is 0 Å². The lowest BCUT2D eigenvalue weighted by Crippen LogP contribution is -2.38. The Balaban J connectivity index is 0.00000364. The van der Waals surface area contributed by atoms with Crippen molar-refractivity contribution in [3.05, 3.63) is 64.7 Å². The fourth-order valence-corrected chi connectivity index (χ4v) is 2.91. The third-order valence-corrected chi connectivity index (χ3v) is 4.32. The minimum Gasteiger partial charge on any atom is -0.496 e. The summed E-state index contributed by atoms with van der Waals surface area (Å²) in [4.78, 5) is 6.57. The molecule has 2 aromatic rings. The van der Waals surface area contributed by atoms with Crippen LogP contribution in [0.15, 0.2) is 53.5 Å². The molecule has 7 heteroatoms. The first-order valence-electron chi connectivity index (χ1n) is 8.60. The van der Waals surface area contributed by atoms with Crippen molar-refractivity contribution in [2.45, 2.75) is 19.6 Å². The second-order valence-corrected chi connectivity index (χ2v) is 6.31. The van der Waals surface area contributed by atoms with E-state index in [0.29, 0.717) is 23.1 Å². The highest BCUT2D eigenvalue weighted by molar-refractivity contribution is 14.0. The van der Waals surface area contributed by atoms with Crippen LogP contribution in [-0.2, 0) is 6.54 Å². The third kappa shape index (κ3) is 6.86. The number of hydrogen-bond donors (Lipinski definition) is 2. The predicted octanol–water partition coefficient (Wildman–Crippen LogP) is 4.10. The zero-order valence-corrected chi connectivity index (χ0v) is 18.9. The number of benzene rings is 2. The van der Waals surface area contributed by atoms with Crippen molar-refractivity contribution in [1.29, 1.82) is 0 Å². The SMILES string of the molecule is CCNC(=NCC(O)c1ccccc1Cl)N(C)Cc1ccccc1OC.I. The van der Waals surface area contributed by atoms with E-state index in [2.05, 4.69) is 10.3 Å². The first-order valence-corrected chi connectivity index (χ1v) is 8.98. The summed E-state index contributed by atoms with van der Waals surface area (Å²) >= 11 is 6.15. The molecule has 0 amide bonds. The zero-order chi connectivity index (χ0) is 18.9. The predicted molar refractivity (Wildman–Crippen MR) is 122 cm³/mol. The maximum Gasteiger partial charge on any atom is 0.194 e. The normalized spacial score (nSPS) is 12.1. The molecule has 1 unspecified atom stereocenters. The average Bonchev–Trinajstić information content (AvgIpc) is 2.65. The van der Waals surface area contributed by atoms with E-state index >= 15 is 0 Å². The zero-order valence-electron chi connectivity index (χ0n) is 15.9. The van der Waals surface area contributed by atoms with Crippen LogP contribution in [0.4, 0.5) is 0 Å². The van der Waals surface area contributed by atoms with E-state index in [0.717, 1.165) is 17.9 Å². The first-order chi connectivity index (χ1) is 12.6. The Morgan fingerprint density at radius 3 is 2.56 bits per heavy atom. The van der Waals surface area contributed by atoms with Crippen molar-refractivity contribution >= 4 is 41.5 Å². The molecule has 2 N–H and O–H groups in total. The molecule has 0 aliphatic carbocycles. The number of aliphatic hydroxyl groups excluding tert-OH is 1. The molecule has 0 heterocycles. The summed E-state index contributed by atoms with van der Waals surface area (Å²) in [6.45, 7) is 3.61. The number of nitrogens with zero attached hydrogens (tertiary/aromatic N) is 2. The Kier molecular flexibility index (Phi) is 10.5. The van der Waals surface area contributed by atoms with Crippen LogP contribution < -0.4 is 10.1 Å². The van der Waals surface area contributed by atoms with Crippen LogP contribution in [0.5, 0.6) is 5.75 Å². The highest BCUT2D eigenvalue weighted by Gasteiger charge is 2.13. The lowest BCUT2D eigenvalue weighted by Gasteiger charge is -2.23. The molecule has 148 valence electrons. The lowest BCUT2D eigenvalue weighted by atomic mass is 10.1. The molecule has 0 spiro atoms. The highest BCUT2D eigenvalue weighted by Crippen LogP contribution is 2.23. The molecule has 0 bridgehead atoms. The Labute approximate surface area is 183 Å². The van der Waals surface area contributed by atoms with Gasteiger partial charge in [0.25, 0.3) is 0 Å². The van der Waals surface area contributed by atoms with Crippen LogP contribution in [-0.4, -0.2) is 43.2 Å². The number of guanidine groups is 1. The molecule has 0 fully saturated rings. The number of aliphatic imine (C=N–C) groups is 1. The van der Waals surface area contributed by atoms with Gasteiger partial charge in [0.15, 0.2) is 5.96 Å². The summed E-state index contributed by atoms with van der Waals surface area (Å²) in [5.41, 5.74) is 1.75. The molecule has 2 rings (SSSR count). The van der Waals surface area contributed by atoms with Gasteiger partial charge in [-0.2, -0.15) is 0 Å². The summed E-state index contributed by atoms with van der Waals surface area (Å²) in [6, 6.07) is 15.2. The molecular formula is C20H27ClIN3O2. The molecule has 27 heavy (non-hydrogen) atoms. The summed E-state index contributed by atoms with van der Waals surface area (Å²) in [7, 11) is 3.62. The minimum atomic E-state index is -0.753. The molecule has 0 aromatic heterocycles. The first kappa shape index (κ1) is 23.5. The summed E-state index contributed by atoms with van der Waals surface area (Å²) in [5, 5.41) is 14.2. The molecular weight excluding hydrogens is 477 g/mol. The second-order valence-electron chi connectivity index (χ2n) is 5.90. The van der Waals surface area contributed by atoms with Crippen molar-refractivity contribution in [3.63, 3.8) is 0 Å². The monoisotopic (exact) mass is 503 g/mol. The van der Waals surface area contributed by atoms with Gasteiger partial charge < -0.3 is 20.1 Å². The van der Waals surface area contributed by atoms with E-state index in [4.69, 9.17) is 16.3 Å². The third-order valence-electron chi connectivity index (χ3n) is 3.97. The number of rotatable bonds is 7. The van der Waals surface area contributed by atoms with E-state index in [1.54, 1.807) is 13.2 Å². The van der Waals surface area contributed by atoms with Gasteiger partial charge in [0.05, 0.1) is 13.7 Å². The largest absolute Gasteiger partial charge is 0.496 e. The Bertz CT molecular complexity index is 743. The van der Waals surface area contributed by atoms with E-state index < -0.39 is 6.10 Å². The van der Waals surface area contributed by atoms with Gasteiger partial charge in [-0.25, -0.2) is 0 Å². The molecule has 0 radical (unpaired) electrons. The fourth-order valence-electron chi connectivity index (χ4n) is 2.65. The van der Waals surface area contributed by atoms with Crippen molar-refractivity contribution in [2.75, 3.05) is 27.2 Å². The number of hydrogen-bond acceptors (Lipinski definition) is 3. The molecule has 0 aliphatic heterocycles. The van der Waals surface area contributed by atoms with Crippen LogP contribution in [0, 0.1) is 0 Å². The maximum absolute atomic E-state index is 10.4.